The van der Waals surface area contributed by atoms with Gasteiger partial charge in [0.2, 0.25) is 0 Å². The fourth-order valence-electron chi connectivity index (χ4n) is 2.47. The van der Waals surface area contributed by atoms with Crippen molar-refractivity contribution in [1.82, 2.24) is 14.8 Å². The number of nitrogens with one attached hydrogen (secondary N) is 1. The normalized spacial score (nSPS) is 11.8. The molecule has 0 saturated heterocycles. The summed E-state index contributed by atoms with van der Waals surface area (Å²) < 4.78 is 2.38. The number of rotatable bonds is 8. The Kier molecular flexibility index (Phi) is 6.59. The third-order valence-corrected chi connectivity index (χ3v) is 4.06. The van der Waals surface area contributed by atoms with Gasteiger partial charge in [-0.25, -0.2) is 0 Å². The van der Waals surface area contributed by atoms with E-state index >= 15 is 0 Å². The van der Waals surface area contributed by atoms with E-state index in [0.717, 1.165) is 19.6 Å². The predicted octanol–water partition coefficient (Wildman–Crippen LogP) is 2.94. The van der Waals surface area contributed by atoms with Gasteiger partial charge >= 0.3 is 0 Å². The van der Waals surface area contributed by atoms with Crippen molar-refractivity contribution in [1.29, 1.82) is 0 Å². The minimum Gasteiger partial charge on any atom is -0.349 e. The van der Waals surface area contributed by atoms with Crippen LogP contribution < -0.4 is 5.32 Å². The molecule has 0 fully saturated rings. The van der Waals surface area contributed by atoms with Crippen LogP contribution in [0.5, 0.6) is 0 Å². The zero-order valence-electron chi connectivity index (χ0n) is 13.6. The highest BCUT2D eigenvalue weighted by atomic mass is 15.1. The first-order valence-electron chi connectivity index (χ1n) is 7.53. The maximum Gasteiger partial charge on any atom is 0.0223 e. The third-order valence-electron chi connectivity index (χ3n) is 4.06. The zero-order valence-corrected chi connectivity index (χ0v) is 13.6. The van der Waals surface area contributed by atoms with E-state index in [-0.39, 0.29) is 0 Å². The van der Waals surface area contributed by atoms with E-state index in [1.165, 1.54) is 29.9 Å². The van der Waals surface area contributed by atoms with Crippen molar-refractivity contribution in [3.63, 3.8) is 0 Å². The van der Waals surface area contributed by atoms with Crippen molar-refractivity contribution >= 4 is 0 Å². The van der Waals surface area contributed by atoms with Crippen LogP contribution in [-0.2, 0) is 13.1 Å². The summed E-state index contributed by atoms with van der Waals surface area (Å²) in [5.41, 5.74) is 4.22. The molecule has 0 spiro atoms. The van der Waals surface area contributed by atoms with Crippen LogP contribution >= 0.6 is 0 Å². The molecule has 0 aliphatic rings. The van der Waals surface area contributed by atoms with Gasteiger partial charge in [0.25, 0.3) is 0 Å². The van der Waals surface area contributed by atoms with E-state index in [0.29, 0.717) is 6.04 Å². The van der Waals surface area contributed by atoms with Crippen molar-refractivity contribution in [2.24, 2.45) is 0 Å². The molecule has 0 unspecified atom stereocenters. The monoisotopic (exact) mass is 265 g/mol. The SMILES string of the molecule is CCn1c(C)cc(CNCCCN(C)C(C)C)c1C. The van der Waals surface area contributed by atoms with E-state index in [2.05, 4.69) is 62.5 Å². The molecule has 0 aliphatic heterocycles. The molecule has 0 amide bonds. The van der Waals surface area contributed by atoms with Crippen LogP contribution in [0.4, 0.5) is 0 Å². The second-order valence-electron chi connectivity index (χ2n) is 5.75. The van der Waals surface area contributed by atoms with Crippen LogP contribution in [0.3, 0.4) is 0 Å². The maximum absolute atomic E-state index is 3.56. The fraction of sp³-hybridized carbons (Fsp3) is 0.750. The van der Waals surface area contributed by atoms with Gasteiger partial charge in [0.15, 0.2) is 0 Å². The quantitative estimate of drug-likeness (QED) is 0.729. The Balaban J connectivity index is 2.30. The minimum absolute atomic E-state index is 0.642. The molecule has 0 radical (unpaired) electrons. The third kappa shape index (κ3) is 4.66. The number of hydrogen-bond acceptors (Lipinski definition) is 2. The zero-order chi connectivity index (χ0) is 14.4. The molecule has 3 heteroatoms. The largest absolute Gasteiger partial charge is 0.349 e. The highest BCUT2D eigenvalue weighted by Crippen LogP contribution is 2.14. The van der Waals surface area contributed by atoms with E-state index in [1.807, 2.05) is 0 Å². The molecule has 0 bridgehead atoms. The van der Waals surface area contributed by atoms with Crippen molar-refractivity contribution in [2.45, 2.75) is 60.2 Å². The second-order valence-corrected chi connectivity index (χ2v) is 5.75. The lowest BCUT2D eigenvalue weighted by molar-refractivity contribution is 0.269. The first-order valence-corrected chi connectivity index (χ1v) is 7.53. The molecular weight excluding hydrogens is 234 g/mol. The summed E-state index contributed by atoms with van der Waals surface area (Å²) in [4.78, 5) is 2.39. The summed E-state index contributed by atoms with van der Waals surface area (Å²) >= 11 is 0. The van der Waals surface area contributed by atoms with Gasteiger partial charge in [0.1, 0.15) is 0 Å². The summed E-state index contributed by atoms with van der Waals surface area (Å²) in [6.45, 7) is 15.4. The molecular formula is C16H31N3. The van der Waals surface area contributed by atoms with Crippen molar-refractivity contribution in [3.05, 3.63) is 23.0 Å². The standard InChI is InChI=1S/C16H31N3/c1-7-19-14(4)11-16(15(19)5)12-17-9-8-10-18(6)13(2)3/h11,13,17H,7-10,12H2,1-6H3. The van der Waals surface area contributed by atoms with Gasteiger partial charge in [-0.3, -0.25) is 0 Å². The number of nitrogens with zero attached hydrogens (tertiary/aromatic N) is 2. The summed E-state index contributed by atoms with van der Waals surface area (Å²) in [5.74, 6) is 0. The maximum atomic E-state index is 3.56. The molecule has 0 atom stereocenters. The van der Waals surface area contributed by atoms with Crippen LogP contribution in [0.15, 0.2) is 6.07 Å². The Bertz CT molecular complexity index is 380. The van der Waals surface area contributed by atoms with Crippen LogP contribution in [0.25, 0.3) is 0 Å². The fourth-order valence-corrected chi connectivity index (χ4v) is 2.47. The Hall–Kier alpha value is -0.800. The van der Waals surface area contributed by atoms with Crippen LogP contribution in [0.2, 0.25) is 0 Å². The smallest absolute Gasteiger partial charge is 0.0223 e. The molecule has 1 rings (SSSR count). The van der Waals surface area contributed by atoms with Gasteiger partial charge < -0.3 is 14.8 Å². The van der Waals surface area contributed by atoms with Gasteiger partial charge in [-0.1, -0.05) is 0 Å². The van der Waals surface area contributed by atoms with Crippen LogP contribution in [-0.4, -0.2) is 35.6 Å². The Morgan fingerprint density at radius 1 is 1.32 bits per heavy atom. The summed E-state index contributed by atoms with van der Waals surface area (Å²) in [6.07, 6.45) is 1.21. The molecule has 1 aromatic heterocycles. The molecule has 0 saturated carbocycles. The summed E-state index contributed by atoms with van der Waals surface area (Å²) in [5, 5.41) is 3.56. The Morgan fingerprint density at radius 2 is 2.00 bits per heavy atom. The van der Waals surface area contributed by atoms with E-state index < -0.39 is 0 Å². The molecule has 0 aliphatic carbocycles. The molecule has 3 nitrogen and oxygen atoms in total. The topological polar surface area (TPSA) is 20.2 Å². The predicted molar refractivity (Wildman–Crippen MR) is 83.7 cm³/mol. The molecule has 0 aromatic carbocycles. The second kappa shape index (κ2) is 7.71. The lowest BCUT2D eigenvalue weighted by Crippen LogP contribution is -2.29. The van der Waals surface area contributed by atoms with E-state index in [1.54, 1.807) is 0 Å². The summed E-state index contributed by atoms with van der Waals surface area (Å²) in [6, 6.07) is 2.95. The number of aromatic nitrogens is 1. The highest BCUT2D eigenvalue weighted by molar-refractivity contribution is 5.26. The van der Waals surface area contributed by atoms with Crippen molar-refractivity contribution in [2.75, 3.05) is 20.1 Å². The summed E-state index contributed by atoms with van der Waals surface area (Å²) in [7, 11) is 2.19. The molecule has 110 valence electrons. The van der Waals surface area contributed by atoms with Crippen LogP contribution in [0, 0.1) is 13.8 Å². The lowest BCUT2D eigenvalue weighted by Gasteiger charge is -2.20. The molecule has 1 aromatic rings. The highest BCUT2D eigenvalue weighted by Gasteiger charge is 2.07. The van der Waals surface area contributed by atoms with Crippen molar-refractivity contribution < 1.29 is 0 Å². The molecule has 1 N–H and O–H groups in total. The number of hydrogen-bond donors (Lipinski definition) is 1. The van der Waals surface area contributed by atoms with E-state index in [4.69, 9.17) is 0 Å². The van der Waals surface area contributed by atoms with Crippen molar-refractivity contribution in [3.8, 4) is 0 Å². The average Bonchev–Trinajstić information content (AvgIpc) is 2.63. The molecule has 19 heavy (non-hydrogen) atoms. The Morgan fingerprint density at radius 3 is 2.53 bits per heavy atom. The number of aryl methyl sites for hydroxylation is 1. The molecule has 1 heterocycles. The van der Waals surface area contributed by atoms with E-state index in [9.17, 15) is 0 Å². The van der Waals surface area contributed by atoms with Gasteiger partial charge in [-0.15, -0.1) is 0 Å². The first-order chi connectivity index (χ1) is 8.97. The lowest BCUT2D eigenvalue weighted by atomic mass is 10.2. The minimum atomic E-state index is 0.642. The average molecular weight is 265 g/mol. The van der Waals surface area contributed by atoms with Gasteiger partial charge in [-0.05, 0) is 72.8 Å². The first kappa shape index (κ1) is 16.3. The van der Waals surface area contributed by atoms with Gasteiger partial charge in [0, 0.05) is 30.5 Å². The van der Waals surface area contributed by atoms with Crippen LogP contribution in [0.1, 0.15) is 44.1 Å². The Labute approximate surface area is 119 Å². The van der Waals surface area contributed by atoms with Gasteiger partial charge in [-0.2, -0.15) is 0 Å². The van der Waals surface area contributed by atoms with Gasteiger partial charge in [0.05, 0.1) is 0 Å².